The quantitative estimate of drug-likeness (QED) is 0.681. The fraction of sp³-hybridized carbons (Fsp3) is 0. The monoisotopic (exact) mass is 230 g/mol. The number of carbonyl (C=O) groups is 2. The Morgan fingerprint density at radius 3 is 2.82 bits per heavy atom. The summed E-state index contributed by atoms with van der Waals surface area (Å²) >= 11 is 0. The van der Waals surface area contributed by atoms with Crippen molar-refractivity contribution in [1.82, 2.24) is 15.3 Å². The Labute approximate surface area is 96.7 Å². The van der Waals surface area contributed by atoms with Gasteiger partial charge in [-0.3, -0.25) is 15.4 Å². The zero-order chi connectivity index (χ0) is 12.3. The molecule has 17 heavy (non-hydrogen) atoms. The number of urea groups is 1. The van der Waals surface area contributed by atoms with Crippen LogP contribution in [0.25, 0.3) is 11.0 Å². The second-order valence-electron chi connectivity index (χ2n) is 3.25. The van der Waals surface area contributed by atoms with E-state index in [0.717, 1.165) is 17.1 Å². The molecule has 0 aliphatic rings. The van der Waals surface area contributed by atoms with Crippen molar-refractivity contribution in [2.24, 2.45) is 0 Å². The molecule has 3 amide bonds. The van der Waals surface area contributed by atoms with Crippen LogP contribution in [-0.2, 0) is 4.79 Å². The van der Waals surface area contributed by atoms with Crippen LogP contribution in [-0.4, -0.2) is 21.9 Å². The zero-order valence-electron chi connectivity index (χ0n) is 8.86. The maximum Gasteiger partial charge on any atom is 0.328 e. The Kier molecular flexibility index (Phi) is 2.87. The van der Waals surface area contributed by atoms with Gasteiger partial charge in [0, 0.05) is 0 Å². The topological polar surface area (TPSA) is 86.9 Å². The van der Waals surface area contributed by atoms with E-state index in [0.29, 0.717) is 0 Å². The molecule has 2 aromatic rings. The number of nitrogens with zero attached hydrogens (tertiary/aromatic N) is 1. The first kappa shape index (κ1) is 10.9. The summed E-state index contributed by atoms with van der Waals surface area (Å²) in [5.74, 6) is -0.292. The molecule has 0 aliphatic heterocycles. The van der Waals surface area contributed by atoms with E-state index in [1.807, 2.05) is 24.3 Å². The molecule has 0 atom stereocenters. The summed E-state index contributed by atoms with van der Waals surface area (Å²) in [6.07, 6.45) is 1.01. The van der Waals surface area contributed by atoms with Crippen molar-refractivity contribution in [3.8, 4) is 0 Å². The third kappa shape index (κ3) is 2.49. The van der Waals surface area contributed by atoms with Crippen molar-refractivity contribution in [3.63, 3.8) is 0 Å². The van der Waals surface area contributed by atoms with Crippen LogP contribution < -0.4 is 10.6 Å². The van der Waals surface area contributed by atoms with Crippen molar-refractivity contribution >= 4 is 28.9 Å². The lowest BCUT2D eigenvalue weighted by atomic mass is 10.3. The highest BCUT2D eigenvalue weighted by Gasteiger charge is 2.07. The number of hydrogen-bond donors (Lipinski definition) is 3. The smallest absolute Gasteiger partial charge is 0.324 e. The summed E-state index contributed by atoms with van der Waals surface area (Å²) < 4.78 is 0. The maximum absolute atomic E-state index is 11.3. The lowest BCUT2D eigenvalue weighted by molar-refractivity contribution is -0.115. The number of nitrogens with one attached hydrogen (secondary N) is 3. The second kappa shape index (κ2) is 4.48. The van der Waals surface area contributed by atoms with Gasteiger partial charge in [0.05, 0.1) is 11.0 Å². The summed E-state index contributed by atoms with van der Waals surface area (Å²) in [4.78, 5) is 29.2. The molecular formula is C11H10N4O2. The minimum absolute atomic E-state index is 0.278. The maximum atomic E-state index is 11.3. The van der Waals surface area contributed by atoms with Crippen LogP contribution in [0.4, 0.5) is 10.7 Å². The Hall–Kier alpha value is -2.63. The molecule has 1 aromatic carbocycles. The summed E-state index contributed by atoms with van der Waals surface area (Å²) in [6.45, 7) is 3.24. The zero-order valence-corrected chi connectivity index (χ0v) is 8.86. The van der Waals surface area contributed by atoms with Gasteiger partial charge in [0.2, 0.25) is 5.95 Å². The van der Waals surface area contributed by atoms with Gasteiger partial charge < -0.3 is 4.98 Å². The molecule has 0 radical (unpaired) electrons. The number of amides is 3. The number of benzene rings is 1. The first-order valence-corrected chi connectivity index (χ1v) is 4.88. The lowest BCUT2D eigenvalue weighted by Gasteiger charge is -2.00. The molecule has 0 spiro atoms. The van der Waals surface area contributed by atoms with Gasteiger partial charge >= 0.3 is 6.03 Å². The largest absolute Gasteiger partial charge is 0.328 e. The molecule has 0 aliphatic carbocycles. The molecule has 3 N–H and O–H groups in total. The summed E-state index contributed by atoms with van der Waals surface area (Å²) in [6, 6.07) is 6.68. The van der Waals surface area contributed by atoms with Gasteiger partial charge in [-0.05, 0) is 18.2 Å². The fourth-order valence-corrected chi connectivity index (χ4v) is 1.31. The van der Waals surface area contributed by atoms with Gasteiger partial charge in [0.15, 0.2) is 0 Å². The number of hydrogen-bond acceptors (Lipinski definition) is 3. The molecule has 0 unspecified atom stereocenters. The van der Waals surface area contributed by atoms with Crippen LogP contribution in [0.15, 0.2) is 36.9 Å². The number of anilines is 1. The van der Waals surface area contributed by atoms with Crippen LogP contribution in [0.1, 0.15) is 0 Å². The van der Waals surface area contributed by atoms with Crippen LogP contribution in [0, 0.1) is 0 Å². The van der Waals surface area contributed by atoms with Crippen LogP contribution in [0.5, 0.6) is 0 Å². The minimum atomic E-state index is -0.658. The van der Waals surface area contributed by atoms with E-state index in [2.05, 4.69) is 27.2 Å². The predicted octanol–water partition coefficient (Wildman–Crippen LogP) is 1.40. The number of carbonyl (C=O) groups excluding carboxylic acids is 2. The normalized spacial score (nSPS) is 9.88. The highest BCUT2D eigenvalue weighted by Crippen LogP contribution is 2.12. The number of para-hydroxylation sites is 2. The molecule has 6 nitrogen and oxygen atoms in total. The number of aromatic nitrogens is 2. The van der Waals surface area contributed by atoms with Gasteiger partial charge in [0.1, 0.15) is 0 Å². The minimum Gasteiger partial charge on any atom is -0.324 e. The highest BCUT2D eigenvalue weighted by atomic mass is 16.2. The van der Waals surface area contributed by atoms with Crippen LogP contribution in [0.3, 0.4) is 0 Å². The van der Waals surface area contributed by atoms with Gasteiger partial charge in [-0.2, -0.15) is 0 Å². The van der Waals surface area contributed by atoms with Gasteiger partial charge in [0.25, 0.3) is 5.91 Å². The summed E-state index contributed by atoms with van der Waals surface area (Å²) in [7, 11) is 0. The predicted molar refractivity (Wildman–Crippen MR) is 63.5 cm³/mol. The molecule has 0 fully saturated rings. The molecular weight excluding hydrogens is 220 g/mol. The molecule has 1 heterocycles. The van der Waals surface area contributed by atoms with E-state index in [1.165, 1.54) is 0 Å². The van der Waals surface area contributed by atoms with E-state index in [4.69, 9.17) is 0 Å². The van der Waals surface area contributed by atoms with E-state index < -0.39 is 11.9 Å². The second-order valence-corrected chi connectivity index (χ2v) is 3.25. The Balaban J connectivity index is 2.10. The van der Waals surface area contributed by atoms with E-state index in [-0.39, 0.29) is 5.95 Å². The first-order chi connectivity index (χ1) is 8.19. The summed E-state index contributed by atoms with van der Waals surface area (Å²) in [5.41, 5.74) is 1.54. The number of imide groups is 1. The third-order valence-corrected chi connectivity index (χ3v) is 2.04. The van der Waals surface area contributed by atoms with Crippen LogP contribution in [0.2, 0.25) is 0 Å². The highest BCUT2D eigenvalue weighted by molar-refractivity contribution is 6.04. The Bertz CT molecular complexity index is 555. The van der Waals surface area contributed by atoms with Crippen molar-refractivity contribution in [2.45, 2.75) is 0 Å². The van der Waals surface area contributed by atoms with Gasteiger partial charge in [-0.1, -0.05) is 18.7 Å². The molecule has 2 rings (SSSR count). The fourth-order valence-electron chi connectivity index (χ4n) is 1.31. The molecule has 0 saturated carbocycles. The van der Waals surface area contributed by atoms with Gasteiger partial charge in [-0.25, -0.2) is 9.78 Å². The molecule has 0 bridgehead atoms. The Morgan fingerprint density at radius 1 is 1.35 bits per heavy atom. The number of rotatable bonds is 2. The molecule has 86 valence electrons. The molecule has 6 heteroatoms. The van der Waals surface area contributed by atoms with Crippen molar-refractivity contribution in [3.05, 3.63) is 36.9 Å². The van der Waals surface area contributed by atoms with E-state index in [9.17, 15) is 9.59 Å². The average Bonchev–Trinajstić information content (AvgIpc) is 2.70. The Morgan fingerprint density at radius 2 is 2.12 bits per heavy atom. The molecule has 1 aromatic heterocycles. The number of fused-ring (bicyclic) bond motifs is 1. The van der Waals surface area contributed by atoms with Crippen molar-refractivity contribution < 1.29 is 9.59 Å². The van der Waals surface area contributed by atoms with E-state index in [1.54, 1.807) is 0 Å². The van der Waals surface area contributed by atoms with E-state index >= 15 is 0 Å². The van der Waals surface area contributed by atoms with Crippen LogP contribution >= 0.6 is 0 Å². The number of imidazole rings is 1. The van der Waals surface area contributed by atoms with Crippen molar-refractivity contribution in [1.29, 1.82) is 0 Å². The molecule has 0 saturated heterocycles. The number of aromatic amines is 1. The third-order valence-electron chi connectivity index (χ3n) is 2.04. The summed E-state index contributed by atoms with van der Waals surface area (Å²) in [5, 5.41) is 4.47. The first-order valence-electron chi connectivity index (χ1n) is 4.88. The average molecular weight is 230 g/mol. The number of H-pyrrole nitrogens is 1. The standard InChI is InChI=1S/C11H10N4O2/c1-2-9(16)14-11(17)15-10-12-7-5-3-4-6-8(7)13-10/h2-6H,1H2,(H3,12,13,14,15,16,17). The lowest BCUT2D eigenvalue weighted by Crippen LogP contribution is -2.33. The van der Waals surface area contributed by atoms with Crippen molar-refractivity contribution in [2.75, 3.05) is 5.32 Å². The SMILES string of the molecule is C=CC(=O)NC(=O)Nc1nc2ccccc2[nH]1. The van der Waals surface area contributed by atoms with Gasteiger partial charge in [-0.15, -0.1) is 0 Å².